The third kappa shape index (κ3) is 5.00. The molecule has 0 radical (unpaired) electrons. The van der Waals surface area contributed by atoms with Gasteiger partial charge in [0.25, 0.3) is 5.91 Å². The van der Waals surface area contributed by atoms with Crippen molar-refractivity contribution < 1.29 is 9.18 Å². The Labute approximate surface area is 186 Å². The van der Waals surface area contributed by atoms with E-state index in [1.54, 1.807) is 6.92 Å². The number of amides is 1. The summed E-state index contributed by atoms with van der Waals surface area (Å²) in [6.45, 7) is 8.28. The highest BCUT2D eigenvalue weighted by molar-refractivity contribution is 6.11. The number of aromatic nitrogens is 2. The molecule has 6 nitrogen and oxygen atoms in total. The number of fused-ring (bicyclic) bond motifs is 1. The normalized spacial score (nSPS) is 15.3. The summed E-state index contributed by atoms with van der Waals surface area (Å²) in [7, 11) is 0. The average molecular weight is 432 g/mol. The van der Waals surface area contributed by atoms with E-state index in [-0.39, 0.29) is 5.91 Å². The largest absolute Gasteiger partial charge is 0.321 e. The molecule has 0 bridgehead atoms. The number of aliphatic imine (C=N–C) groups is 1. The summed E-state index contributed by atoms with van der Waals surface area (Å²) >= 11 is 0. The van der Waals surface area contributed by atoms with Crippen LogP contribution < -0.4 is 5.32 Å². The molecule has 3 aromatic rings. The average Bonchev–Trinajstić information content (AvgIpc) is 3.44. The van der Waals surface area contributed by atoms with Crippen LogP contribution in [0.2, 0.25) is 0 Å². The van der Waals surface area contributed by atoms with Crippen LogP contribution in [0.3, 0.4) is 0 Å². The van der Waals surface area contributed by atoms with E-state index >= 15 is 0 Å². The lowest BCUT2D eigenvalue weighted by molar-refractivity contribution is 0.102. The van der Waals surface area contributed by atoms with Gasteiger partial charge in [-0.25, -0.2) is 4.39 Å². The Hall–Kier alpha value is -3.58. The van der Waals surface area contributed by atoms with E-state index in [1.807, 2.05) is 42.5 Å². The summed E-state index contributed by atoms with van der Waals surface area (Å²) in [6, 6.07) is 13.4. The number of allylic oxidation sites excluding steroid dienone is 3. The van der Waals surface area contributed by atoms with Crippen LogP contribution in [0.1, 0.15) is 41.4 Å². The minimum absolute atomic E-state index is 0.291. The van der Waals surface area contributed by atoms with Crippen molar-refractivity contribution in [2.45, 2.75) is 26.3 Å². The number of nitrogens with one attached hydrogen (secondary N) is 2. The van der Waals surface area contributed by atoms with Gasteiger partial charge >= 0.3 is 0 Å². The Morgan fingerprint density at radius 1 is 1.25 bits per heavy atom. The zero-order chi connectivity index (χ0) is 22.5. The Bertz CT molecular complexity index is 1190. The van der Waals surface area contributed by atoms with Crippen molar-refractivity contribution in [3.05, 3.63) is 77.4 Å². The Kier molecular flexibility index (Phi) is 6.56. The predicted molar refractivity (Wildman–Crippen MR) is 127 cm³/mol. The number of hydrogen-bond donors (Lipinski definition) is 2. The van der Waals surface area contributed by atoms with Crippen molar-refractivity contribution in [2.75, 3.05) is 18.4 Å². The lowest BCUT2D eigenvalue weighted by atomic mass is 10.0. The second-order valence-electron chi connectivity index (χ2n) is 7.99. The molecule has 1 amide bonds. The van der Waals surface area contributed by atoms with Gasteiger partial charge in [-0.05, 0) is 86.6 Å². The molecular formula is C25H26FN5O. The fourth-order valence-corrected chi connectivity index (χ4v) is 3.93. The molecule has 164 valence electrons. The van der Waals surface area contributed by atoms with E-state index < -0.39 is 5.83 Å². The van der Waals surface area contributed by atoms with Crippen molar-refractivity contribution in [3.8, 4) is 0 Å². The van der Waals surface area contributed by atoms with Gasteiger partial charge in [-0.15, -0.1) is 0 Å². The van der Waals surface area contributed by atoms with E-state index in [0.717, 1.165) is 36.9 Å². The van der Waals surface area contributed by atoms with E-state index in [1.165, 1.54) is 24.5 Å². The first-order valence-electron chi connectivity index (χ1n) is 10.6. The van der Waals surface area contributed by atoms with Gasteiger partial charge in [0.1, 0.15) is 5.83 Å². The molecule has 0 spiro atoms. The number of anilines is 1. The van der Waals surface area contributed by atoms with Gasteiger partial charge in [-0.2, -0.15) is 5.10 Å². The number of benzene rings is 2. The molecule has 0 atom stereocenters. The topological polar surface area (TPSA) is 73.4 Å². The molecule has 2 aromatic carbocycles. The van der Waals surface area contributed by atoms with Crippen LogP contribution in [0.5, 0.6) is 0 Å². The quantitative estimate of drug-likeness (QED) is 0.392. The SMILES string of the molecule is C=N/C=C(F)\C=C(/C)c1ccc2[nH]nc(C(=O)Nc3ccc(CN4CCCC4)cc3)c2c1. The second kappa shape index (κ2) is 9.70. The molecule has 7 heteroatoms. The van der Waals surface area contributed by atoms with Crippen LogP contribution in [-0.2, 0) is 6.54 Å². The van der Waals surface area contributed by atoms with Gasteiger partial charge in [0.15, 0.2) is 5.69 Å². The first-order chi connectivity index (χ1) is 15.5. The van der Waals surface area contributed by atoms with Gasteiger partial charge in [-0.3, -0.25) is 19.8 Å². The highest BCUT2D eigenvalue weighted by atomic mass is 19.1. The minimum atomic E-state index is -0.490. The minimum Gasteiger partial charge on any atom is -0.321 e. The van der Waals surface area contributed by atoms with Crippen LogP contribution in [0.4, 0.5) is 10.1 Å². The number of halogens is 1. The molecule has 0 unspecified atom stereocenters. The molecule has 4 rings (SSSR count). The monoisotopic (exact) mass is 431 g/mol. The highest BCUT2D eigenvalue weighted by Crippen LogP contribution is 2.24. The number of carbonyl (C=O) groups is 1. The Morgan fingerprint density at radius 3 is 2.72 bits per heavy atom. The molecule has 1 fully saturated rings. The number of aromatic amines is 1. The zero-order valence-electron chi connectivity index (χ0n) is 18.1. The summed E-state index contributed by atoms with van der Waals surface area (Å²) in [5.41, 5.74) is 4.45. The fraction of sp³-hybridized carbons (Fsp3) is 0.240. The first-order valence-corrected chi connectivity index (χ1v) is 10.6. The maximum Gasteiger partial charge on any atom is 0.276 e. The van der Waals surface area contributed by atoms with Gasteiger partial charge in [0.05, 0.1) is 11.7 Å². The summed E-state index contributed by atoms with van der Waals surface area (Å²) in [5, 5.41) is 10.7. The van der Waals surface area contributed by atoms with Crippen molar-refractivity contribution in [1.29, 1.82) is 0 Å². The molecule has 1 aromatic heterocycles. The van der Waals surface area contributed by atoms with E-state index in [2.05, 4.69) is 32.1 Å². The summed E-state index contributed by atoms with van der Waals surface area (Å²) in [4.78, 5) is 18.8. The molecule has 1 saturated heterocycles. The van der Waals surface area contributed by atoms with Crippen LogP contribution in [-0.4, -0.2) is 40.8 Å². The lowest BCUT2D eigenvalue weighted by Gasteiger charge is -2.14. The van der Waals surface area contributed by atoms with Crippen LogP contribution in [0.15, 0.2) is 65.6 Å². The second-order valence-corrected chi connectivity index (χ2v) is 7.99. The van der Waals surface area contributed by atoms with Crippen molar-refractivity contribution >= 4 is 34.8 Å². The van der Waals surface area contributed by atoms with Gasteiger partial charge in [-0.1, -0.05) is 18.2 Å². The van der Waals surface area contributed by atoms with E-state index in [0.29, 0.717) is 22.3 Å². The van der Waals surface area contributed by atoms with Gasteiger partial charge < -0.3 is 5.32 Å². The number of nitrogens with zero attached hydrogens (tertiary/aromatic N) is 3. The standard InChI is InChI=1S/C25H26FN5O/c1-17(13-20(26)15-27-2)19-7-10-23-22(14-19)24(30-29-23)25(32)28-21-8-5-18(6-9-21)16-31-11-3-4-12-31/h5-10,13-15H,2-4,11-12,16H2,1H3,(H,28,32)(H,29,30)/b17-13+,20-15+. The maximum absolute atomic E-state index is 13.8. The highest BCUT2D eigenvalue weighted by Gasteiger charge is 2.16. The van der Waals surface area contributed by atoms with Crippen molar-refractivity contribution in [3.63, 3.8) is 0 Å². The molecule has 1 aliphatic rings. The molecule has 1 aliphatic heterocycles. The first kappa shape index (κ1) is 21.6. The zero-order valence-corrected chi connectivity index (χ0v) is 18.1. The fourth-order valence-electron chi connectivity index (χ4n) is 3.93. The van der Waals surface area contributed by atoms with Gasteiger partial charge in [0, 0.05) is 17.6 Å². The smallest absolute Gasteiger partial charge is 0.276 e. The van der Waals surface area contributed by atoms with Crippen LogP contribution in [0, 0.1) is 0 Å². The lowest BCUT2D eigenvalue weighted by Crippen LogP contribution is -2.18. The van der Waals surface area contributed by atoms with Crippen LogP contribution >= 0.6 is 0 Å². The third-order valence-corrected chi connectivity index (χ3v) is 5.62. The molecular weight excluding hydrogens is 405 g/mol. The molecule has 0 aliphatic carbocycles. The van der Waals surface area contributed by atoms with Crippen molar-refractivity contribution in [2.24, 2.45) is 4.99 Å². The van der Waals surface area contributed by atoms with Gasteiger partial charge in [0.2, 0.25) is 0 Å². The maximum atomic E-state index is 13.8. The number of rotatable bonds is 7. The Morgan fingerprint density at radius 2 is 2.00 bits per heavy atom. The Balaban J connectivity index is 1.50. The van der Waals surface area contributed by atoms with Crippen LogP contribution in [0.25, 0.3) is 16.5 Å². The summed E-state index contributed by atoms with van der Waals surface area (Å²) in [5.74, 6) is -0.791. The number of hydrogen-bond acceptors (Lipinski definition) is 4. The third-order valence-electron chi connectivity index (χ3n) is 5.62. The molecule has 2 heterocycles. The molecule has 0 saturated carbocycles. The molecule has 2 N–H and O–H groups in total. The number of H-pyrrole nitrogens is 1. The summed E-state index contributed by atoms with van der Waals surface area (Å²) < 4.78 is 13.8. The number of carbonyl (C=O) groups excluding carboxylic acids is 1. The van der Waals surface area contributed by atoms with E-state index in [4.69, 9.17) is 0 Å². The van der Waals surface area contributed by atoms with E-state index in [9.17, 15) is 9.18 Å². The predicted octanol–water partition coefficient (Wildman–Crippen LogP) is 5.33. The van der Waals surface area contributed by atoms with Crippen molar-refractivity contribution in [1.82, 2.24) is 15.1 Å². The number of likely N-dealkylation sites (tertiary alicyclic amines) is 1. The summed E-state index contributed by atoms with van der Waals surface area (Å²) in [6.07, 6.45) is 4.95. The molecule has 32 heavy (non-hydrogen) atoms.